The lowest BCUT2D eigenvalue weighted by atomic mass is 10.0. The van der Waals surface area contributed by atoms with E-state index in [1.54, 1.807) is 0 Å². The van der Waals surface area contributed by atoms with Crippen LogP contribution in [0.5, 0.6) is 0 Å². The van der Waals surface area contributed by atoms with Gasteiger partial charge in [-0.15, -0.1) is 0 Å². The number of likely N-dealkylation sites (N-methyl/N-ethyl adjacent to an activating group) is 1. The smallest absolute Gasteiger partial charge is 0.325 e. The zero-order chi connectivity index (χ0) is 21.5. The number of hydrogen-bond donors (Lipinski definition) is 2. The molecule has 8 heteroatoms. The predicted molar refractivity (Wildman–Crippen MR) is 110 cm³/mol. The summed E-state index contributed by atoms with van der Waals surface area (Å²) in [5, 5.41) is 7.31. The summed E-state index contributed by atoms with van der Waals surface area (Å²) in [6, 6.07) is 13.7. The number of hydrogen-bond acceptors (Lipinski definition) is 5. The average molecular weight is 411 g/mol. The molecule has 1 saturated carbocycles. The Morgan fingerprint density at radius 2 is 1.77 bits per heavy atom. The molecule has 30 heavy (non-hydrogen) atoms. The highest BCUT2D eigenvalue weighted by atomic mass is 16.5. The molecule has 3 amide bonds. The van der Waals surface area contributed by atoms with E-state index in [1.165, 1.54) is 11.9 Å². The van der Waals surface area contributed by atoms with Crippen molar-refractivity contribution < 1.29 is 23.9 Å². The van der Waals surface area contributed by atoms with Crippen molar-refractivity contribution in [2.45, 2.75) is 25.3 Å². The highest BCUT2D eigenvalue weighted by Gasteiger charge is 2.24. The number of carbonyl (C=O) groups excluding carboxylic acids is 4. The van der Waals surface area contributed by atoms with E-state index in [0.29, 0.717) is 0 Å². The summed E-state index contributed by atoms with van der Waals surface area (Å²) in [4.78, 5) is 48.9. The molecule has 0 aliphatic heterocycles. The molecule has 3 rings (SSSR count). The van der Waals surface area contributed by atoms with E-state index in [4.69, 9.17) is 4.74 Å². The van der Waals surface area contributed by atoms with Crippen molar-refractivity contribution in [2.24, 2.45) is 0 Å². The van der Waals surface area contributed by atoms with Crippen LogP contribution in [0.1, 0.15) is 18.4 Å². The fraction of sp³-hybridized carbons (Fsp3) is 0.364. The Morgan fingerprint density at radius 3 is 2.53 bits per heavy atom. The van der Waals surface area contributed by atoms with Crippen LogP contribution >= 0.6 is 0 Å². The fourth-order valence-corrected chi connectivity index (χ4v) is 2.96. The van der Waals surface area contributed by atoms with Crippen LogP contribution in [0, 0.1) is 0 Å². The number of amides is 3. The maximum Gasteiger partial charge on any atom is 0.325 e. The average Bonchev–Trinajstić information content (AvgIpc) is 3.54. The topological polar surface area (TPSA) is 105 Å². The van der Waals surface area contributed by atoms with Crippen LogP contribution in [-0.2, 0) is 30.3 Å². The van der Waals surface area contributed by atoms with Crippen molar-refractivity contribution in [2.75, 3.05) is 26.7 Å². The Hall–Kier alpha value is -3.42. The number of rotatable bonds is 9. The molecule has 0 radical (unpaired) electrons. The molecular formula is C22H25N3O5. The van der Waals surface area contributed by atoms with Crippen molar-refractivity contribution in [3.63, 3.8) is 0 Å². The van der Waals surface area contributed by atoms with Gasteiger partial charge in [-0.2, -0.15) is 0 Å². The van der Waals surface area contributed by atoms with Gasteiger partial charge in [0.1, 0.15) is 6.54 Å². The first-order valence-corrected chi connectivity index (χ1v) is 9.84. The summed E-state index contributed by atoms with van der Waals surface area (Å²) in [5.41, 5.74) is 0.861. The quantitative estimate of drug-likeness (QED) is 0.594. The number of ether oxygens (including phenoxy) is 1. The van der Waals surface area contributed by atoms with E-state index in [0.717, 1.165) is 29.2 Å². The molecular weight excluding hydrogens is 386 g/mol. The van der Waals surface area contributed by atoms with Gasteiger partial charge >= 0.3 is 5.97 Å². The Kier molecular flexibility index (Phi) is 7.00. The van der Waals surface area contributed by atoms with Gasteiger partial charge in [0.15, 0.2) is 6.61 Å². The Balaban J connectivity index is 1.38. The minimum atomic E-state index is -0.717. The lowest BCUT2D eigenvalue weighted by molar-refractivity contribution is -0.151. The molecule has 2 N–H and O–H groups in total. The minimum Gasteiger partial charge on any atom is -0.454 e. The Labute approximate surface area is 174 Å². The van der Waals surface area contributed by atoms with Gasteiger partial charge in [-0.05, 0) is 29.2 Å². The van der Waals surface area contributed by atoms with Gasteiger partial charge in [0.2, 0.25) is 11.8 Å². The van der Waals surface area contributed by atoms with E-state index in [1.807, 2.05) is 42.5 Å². The third kappa shape index (κ3) is 6.30. The summed E-state index contributed by atoms with van der Waals surface area (Å²) in [5.74, 6) is -1.76. The molecule has 2 aromatic carbocycles. The number of esters is 1. The molecule has 2 aromatic rings. The number of nitrogens with one attached hydrogen (secondary N) is 2. The van der Waals surface area contributed by atoms with E-state index >= 15 is 0 Å². The highest BCUT2D eigenvalue weighted by Crippen LogP contribution is 2.19. The fourth-order valence-electron chi connectivity index (χ4n) is 2.96. The van der Waals surface area contributed by atoms with Crippen molar-refractivity contribution in [3.8, 4) is 0 Å². The number of nitrogens with zero attached hydrogens (tertiary/aromatic N) is 1. The maximum atomic E-state index is 12.2. The summed E-state index contributed by atoms with van der Waals surface area (Å²) in [6.07, 6.45) is 2.06. The normalized spacial score (nSPS) is 12.8. The molecule has 158 valence electrons. The van der Waals surface area contributed by atoms with Gasteiger partial charge in [0.25, 0.3) is 5.91 Å². The first-order valence-electron chi connectivity index (χ1n) is 9.84. The van der Waals surface area contributed by atoms with Crippen LogP contribution in [0.15, 0.2) is 42.5 Å². The second kappa shape index (κ2) is 9.87. The van der Waals surface area contributed by atoms with E-state index < -0.39 is 18.5 Å². The molecule has 1 fully saturated rings. The molecule has 8 nitrogen and oxygen atoms in total. The zero-order valence-corrected chi connectivity index (χ0v) is 16.8. The highest BCUT2D eigenvalue weighted by molar-refractivity contribution is 5.91. The van der Waals surface area contributed by atoms with Crippen LogP contribution in [0.4, 0.5) is 0 Å². The van der Waals surface area contributed by atoms with Crippen molar-refractivity contribution in [3.05, 3.63) is 48.0 Å². The van der Waals surface area contributed by atoms with Gasteiger partial charge in [0, 0.05) is 13.1 Å². The third-order valence-electron chi connectivity index (χ3n) is 4.77. The molecule has 0 unspecified atom stereocenters. The maximum absolute atomic E-state index is 12.2. The third-order valence-corrected chi connectivity index (χ3v) is 4.77. The molecule has 0 bridgehead atoms. The molecule has 0 heterocycles. The SMILES string of the molecule is CN(CC(=O)NC1CC1)C(=O)COC(=O)CNC(=O)Cc1cccc2ccccc12. The molecule has 0 saturated heterocycles. The van der Waals surface area contributed by atoms with Gasteiger partial charge in [0.05, 0.1) is 13.0 Å². The largest absolute Gasteiger partial charge is 0.454 e. The Morgan fingerprint density at radius 1 is 1.03 bits per heavy atom. The lowest BCUT2D eigenvalue weighted by Gasteiger charge is -2.16. The number of benzene rings is 2. The van der Waals surface area contributed by atoms with Crippen molar-refractivity contribution in [1.82, 2.24) is 15.5 Å². The first kappa shape index (κ1) is 21.3. The summed E-state index contributed by atoms with van der Waals surface area (Å²) in [6.45, 7) is -0.900. The van der Waals surface area contributed by atoms with Gasteiger partial charge < -0.3 is 20.3 Å². The predicted octanol–water partition coefficient (Wildman–Crippen LogP) is 0.779. The number of fused-ring (bicyclic) bond motifs is 1. The number of carbonyl (C=O) groups is 4. The second-order valence-corrected chi connectivity index (χ2v) is 7.34. The summed E-state index contributed by atoms with van der Waals surface area (Å²) < 4.78 is 4.89. The van der Waals surface area contributed by atoms with Gasteiger partial charge in [-0.1, -0.05) is 42.5 Å². The molecule has 1 aliphatic carbocycles. The molecule has 1 aliphatic rings. The van der Waals surface area contributed by atoms with Crippen LogP contribution in [0.25, 0.3) is 10.8 Å². The van der Waals surface area contributed by atoms with Crippen LogP contribution in [0.2, 0.25) is 0 Å². The molecule has 0 atom stereocenters. The molecule has 0 aromatic heterocycles. The zero-order valence-electron chi connectivity index (χ0n) is 16.8. The van der Waals surface area contributed by atoms with Gasteiger partial charge in [-0.3, -0.25) is 19.2 Å². The summed E-state index contributed by atoms with van der Waals surface area (Å²) >= 11 is 0. The Bertz CT molecular complexity index is 949. The standard InChI is InChI=1S/C22H25N3O5/c1-25(13-20(27)24-17-9-10-17)21(28)14-30-22(29)12-23-19(26)11-16-7-4-6-15-5-2-3-8-18(15)16/h2-8,17H,9-14H2,1H3,(H,23,26)(H,24,27). The van der Waals surface area contributed by atoms with Crippen LogP contribution < -0.4 is 10.6 Å². The van der Waals surface area contributed by atoms with Gasteiger partial charge in [-0.25, -0.2) is 0 Å². The van der Waals surface area contributed by atoms with E-state index in [2.05, 4.69) is 10.6 Å². The van der Waals surface area contributed by atoms with E-state index in [9.17, 15) is 19.2 Å². The monoisotopic (exact) mass is 411 g/mol. The van der Waals surface area contributed by atoms with Crippen LogP contribution in [0.3, 0.4) is 0 Å². The molecule has 0 spiro atoms. The van der Waals surface area contributed by atoms with Crippen LogP contribution in [-0.4, -0.2) is 61.4 Å². The first-order chi connectivity index (χ1) is 14.4. The minimum absolute atomic E-state index is 0.0886. The van der Waals surface area contributed by atoms with Crippen molar-refractivity contribution >= 4 is 34.5 Å². The second-order valence-electron chi connectivity index (χ2n) is 7.34. The van der Waals surface area contributed by atoms with E-state index in [-0.39, 0.29) is 37.4 Å². The lowest BCUT2D eigenvalue weighted by Crippen LogP contribution is -2.41. The summed E-state index contributed by atoms with van der Waals surface area (Å²) in [7, 11) is 1.47. The van der Waals surface area contributed by atoms with Crippen molar-refractivity contribution in [1.29, 1.82) is 0 Å².